The molecule has 0 aliphatic heterocycles. The van der Waals surface area contributed by atoms with E-state index >= 15 is 0 Å². The first kappa shape index (κ1) is 15.1. The standard InChI is InChI=1S/C24H17N/c1-2-8-19(9-3-1)14-15-21-11-6-7-13-24(21)25-23-17-16-20-10-4-5-12-22(20)18-23/h1-13,16-18,25H. The van der Waals surface area contributed by atoms with E-state index in [1.165, 1.54) is 10.8 Å². The second-order valence-corrected chi connectivity index (χ2v) is 5.85. The molecule has 0 bridgehead atoms. The third kappa shape index (κ3) is 3.54. The Hall–Kier alpha value is -3.50. The minimum absolute atomic E-state index is 0.986. The van der Waals surface area contributed by atoms with Gasteiger partial charge in [0.1, 0.15) is 0 Å². The smallest absolute Gasteiger partial charge is 0.0543 e. The summed E-state index contributed by atoms with van der Waals surface area (Å²) in [5.41, 5.74) is 4.08. The molecular weight excluding hydrogens is 302 g/mol. The van der Waals surface area contributed by atoms with Crippen LogP contribution in [0.25, 0.3) is 10.8 Å². The first-order valence-corrected chi connectivity index (χ1v) is 8.30. The molecular formula is C24H17N. The molecule has 4 aromatic rings. The maximum absolute atomic E-state index is 3.50. The van der Waals surface area contributed by atoms with E-state index in [0.29, 0.717) is 0 Å². The minimum Gasteiger partial charge on any atom is -0.354 e. The summed E-state index contributed by atoms with van der Waals surface area (Å²) in [5.74, 6) is 6.50. The number of rotatable bonds is 2. The molecule has 25 heavy (non-hydrogen) atoms. The molecule has 0 radical (unpaired) electrons. The monoisotopic (exact) mass is 319 g/mol. The van der Waals surface area contributed by atoms with Crippen LogP contribution in [0.3, 0.4) is 0 Å². The molecule has 0 aliphatic rings. The molecule has 1 nitrogen and oxygen atoms in total. The molecule has 0 aromatic heterocycles. The second-order valence-electron chi connectivity index (χ2n) is 5.85. The van der Waals surface area contributed by atoms with Crippen LogP contribution in [-0.4, -0.2) is 0 Å². The Kier molecular flexibility index (Phi) is 4.18. The van der Waals surface area contributed by atoms with Crippen molar-refractivity contribution in [1.29, 1.82) is 0 Å². The predicted octanol–water partition coefficient (Wildman–Crippen LogP) is 5.98. The summed E-state index contributed by atoms with van der Waals surface area (Å²) in [6, 6.07) is 33.0. The van der Waals surface area contributed by atoms with Crippen molar-refractivity contribution in [3.8, 4) is 11.8 Å². The van der Waals surface area contributed by atoms with Crippen LogP contribution in [0, 0.1) is 11.8 Å². The summed E-state index contributed by atoms with van der Waals surface area (Å²) in [5, 5.41) is 5.96. The van der Waals surface area contributed by atoms with Gasteiger partial charge in [-0.3, -0.25) is 0 Å². The quantitative estimate of drug-likeness (QED) is 0.448. The molecule has 118 valence electrons. The zero-order valence-corrected chi connectivity index (χ0v) is 13.7. The molecule has 0 atom stereocenters. The SMILES string of the molecule is C(#Cc1ccccc1Nc1ccc2ccccc2c1)c1ccccc1. The fraction of sp³-hybridized carbons (Fsp3) is 0. The van der Waals surface area contributed by atoms with Crippen LogP contribution in [0.5, 0.6) is 0 Å². The number of fused-ring (bicyclic) bond motifs is 1. The van der Waals surface area contributed by atoms with E-state index in [1.807, 2.05) is 48.5 Å². The average molecular weight is 319 g/mol. The van der Waals surface area contributed by atoms with Gasteiger partial charge in [0.2, 0.25) is 0 Å². The number of anilines is 2. The van der Waals surface area contributed by atoms with Crippen LogP contribution in [0.1, 0.15) is 11.1 Å². The Morgan fingerprint density at radius 3 is 2.16 bits per heavy atom. The largest absolute Gasteiger partial charge is 0.354 e. The third-order valence-corrected chi connectivity index (χ3v) is 4.07. The molecule has 4 aromatic carbocycles. The Labute approximate surface area is 148 Å². The number of para-hydroxylation sites is 1. The maximum Gasteiger partial charge on any atom is 0.0543 e. The summed E-state index contributed by atoms with van der Waals surface area (Å²) in [6.45, 7) is 0. The van der Waals surface area contributed by atoms with E-state index < -0.39 is 0 Å². The van der Waals surface area contributed by atoms with Gasteiger partial charge in [-0.25, -0.2) is 0 Å². The van der Waals surface area contributed by atoms with E-state index in [4.69, 9.17) is 0 Å². The first-order chi connectivity index (χ1) is 12.4. The van der Waals surface area contributed by atoms with Crippen LogP contribution in [0.4, 0.5) is 11.4 Å². The van der Waals surface area contributed by atoms with Crippen LogP contribution in [-0.2, 0) is 0 Å². The second kappa shape index (κ2) is 6.95. The summed E-state index contributed by atoms with van der Waals surface area (Å²) in [6.07, 6.45) is 0. The number of hydrogen-bond acceptors (Lipinski definition) is 1. The highest BCUT2D eigenvalue weighted by atomic mass is 14.9. The number of hydrogen-bond donors (Lipinski definition) is 1. The number of nitrogens with one attached hydrogen (secondary N) is 1. The molecule has 1 N–H and O–H groups in total. The lowest BCUT2D eigenvalue weighted by atomic mass is 10.1. The Bertz CT molecular complexity index is 1070. The lowest BCUT2D eigenvalue weighted by molar-refractivity contribution is 1.53. The Morgan fingerprint density at radius 2 is 1.28 bits per heavy atom. The van der Waals surface area contributed by atoms with Gasteiger partial charge in [0, 0.05) is 16.8 Å². The van der Waals surface area contributed by atoms with Crippen molar-refractivity contribution in [2.75, 3.05) is 5.32 Å². The van der Waals surface area contributed by atoms with E-state index in [0.717, 1.165) is 22.5 Å². The molecule has 0 aliphatic carbocycles. The highest BCUT2D eigenvalue weighted by Gasteiger charge is 2.01. The minimum atomic E-state index is 0.986. The topological polar surface area (TPSA) is 12.0 Å². The molecule has 0 fully saturated rings. The molecule has 0 saturated heterocycles. The van der Waals surface area contributed by atoms with Crippen molar-refractivity contribution in [2.45, 2.75) is 0 Å². The zero-order valence-electron chi connectivity index (χ0n) is 13.7. The van der Waals surface area contributed by atoms with E-state index in [-0.39, 0.29) is 0 Å². The van der Waals surface area contributed by atoms with Crippen molar-refractivity contribution in [3.05, 3.63) is 108 Å². The summed E-state index contributed by atoms with van der Waals surface area (Å²) < 4.78 is 0. The zero-order chi connectivity index (χ0) is 16.9. The predicted molar refractivity (Wildman–Crippen MR) is 106 cm³/mol. The van der Waals surface area contributed by atoms with Crippen LogP contribution in [0.15, 0.2) is 97.1 Å². The van der Waals surface area contributed by atoms with E-state index in [2.05, 4.69) is 65.7 Å². The normalized spacial score (nSPS) is 10.1. The molecule has 0 amide bonds. The van der Waals surface area contributed by atoms with Gasteiger partial charge in [-0.1, -0.05) is 72.5 Å². The fourth-order valence-corrected chi connectivity index (χ4v) is 2.78. The molecule has 0 spiro atoms. The Morgan fingerprint density at radius 1 is 0.560 bits per heavy atom. The molecule has 0 unspecified atom stereocenters. The van der Waals surface area contributed by atoms with Crippen molar-refractivity contribution < 1.29 is 0 Å². The van der Waals surface area contributed by atoms with Gasteiger partial charge in [0.25, 0.3) is 0 Å². The highest BCUT2D eigenvalue weighted by Crippen LogP contribution is 2.24. The summed E-state index contributed by atoms with van der Waals surface area (Å²) in [4.78, 5) is 0. The number of benzene rings is 4. The van der Waals surface area contributed by atoms with Gasteiger partial charge in [0.15, 0.2) is 0 Å². The van der Waals surface area contributed by atoms with Crippen molar-refractivity contribution in [2.24, 2.45) is 0 Å². The fourth-order valence-electron chi connectivity index (χ4n) is 2.78. The van der Waals surface area contributed by atoms with Crippen LogP contribution < -0.4 is 5.32 Å². The Balaban J connectivity index is 1.65. The molecule has 1 heteroatoms. The molecule has 0 saturated carbocycles. The van der Waals surface area contributed by atoms with Crippen LogP contribution in [0.2, 0.25) is 0 Å². The summed E-state index contributed by atoms with van der Waals surface area (Å²) >= 11 is 0. The molecule has 4 rings (SSSR count). The van der Waals surface area contributed by atoms with Gasteiger partial charge >= 0.3 is 0 Å². The van der Waals surface area contributed by atoms with Gasteiger partial charge < -0.3 is 5.32 Å². The van der Waals surface area contributed by atoms with Crippen LogP contribution >= 0.6 is 0 Å². The lowest BCUT2D eigenvalue weighted by Crippen LogP contribution is -1.93. The van der Waals surface area contributed by atoms with Gasteiger partial charge in [-0.2, -0.15) is 0 Å². The third-order valence-electron chi connectivity index (χ3n) is 4.07. The highest BCUT2D eigenvalue weighted by molar-refractivity contribution is 5.86. The van der Waals surface area contributed by atoms with Crippen molar-refractivity contribution in [3.63, 3.8) is 0 Å². The lowest BCUT2D eigenvalue weighted by Gasteiger charge is -2.09. The first-order valence-electron chi connectivity index (χ1n) is 8.30. The van der Waals surface area contributed by atoms with E-state index in [9.17, 15) is 0 Å². The average Bonchev–Trinajstić information content (AvgIpc) is 2.68. The summed E-state index contributed by atoms with van der Waals surface area (Å²) in [7, 11) is 0. The molecule has 0 heterocycles. The van der Waals surface area contributed by atoms with Crippen molar-refractivity contribution in [1.82, 2.24) is 0 Å². The van der Waals surface area contributed by atoms with Gasteiger partial charge in [-0.05, 0) is 47.2 Å². The van der Waals surface area contributed by atoms with E-state index in [1.54, 1.807) is 0 Å². The van der Waals surface area contributed by atoms with Crippen molar-refractivity contribution >= 4 is 22.1 Å². The van der Waals surface area contributed by atoms with Gasteiger partial charge in [-0.15, -0.1) is 0 Å². The van der Waals surface area contributed by atoms with Gasteiger partial charge in [0.05, 0.1) is 5.69 Å². The maximum atomic E-state index is 3.50.